The average Bonchev–Trinajstić information content (AvgIpc) is 2.36. The highest BCUT2D eigenvalue weighted by atomic mass is 16.3. The summed E-state index contributed by atoms with van der Waals surface area (Å²) in [4.78, 5) is 11.8. The highest BCUT2D eigenvalue weighted by Gasteiger charge is 2.09. The van der Waals surface area contributed by atoms with Gasteiger partial charge < -0.3 is 5.11 Å². The van der Waals surface area contributed by atoms with Crippen LogP contribution in [0.2, 0.25) is 0 Å². The van der Waals surface area contributed by atoms with Crippen molar-refractivity contribution in [2.24, 2.45) is 5.10 Å². The fourth-order valence-electron chi connectivity index (χ4n) is 1.67. The van der Waals surface area contributed by atoms with Gasteiger partial charge in [0.25, 0.3) is 5.91 Å². The largest absolute Gasteiger partial charge is 0.507 e. The van der Waals surface area contributed by atoms with Crippen molar-refractivity contribution in [3.8, 4) is 5.75 Å². The van der Waals surface area contributed by atoms with Crippen LogP contribution in [0.3, 0.4) is 0 Å². The normalized spacial score (nSPS) is 9.89. The van der Waals surface area contributed by atoms with Crippen molar-refractivity contribution < 1.29 is 9.90 Å². The summed E-state index contributed by atoms with van der Waals surface area (Å²) >= 11 is 0. The van der Waals surface area contributed by atoms with Gasteiger partial charge >= 0.3 is 0 Å². The molecule has 4 nitrogen and oxygen atoms in total. The molecule has 0 unspecified atom stereocenters. The third-order valence-corrected chi connectivity index (χ3v) is 2.54. The predicted octanol–water partition coefficient (Wildman–Crippen LogP) is 3.08. The van der Waals surface area contributed by atoms with Crippen LogP contribution in [0.25, 0.3) is 0 Å². The summed E-state index contributed by atoms with van der Waals surface area (Å²) in [7, 11) is 0. The molecular formula is C14H20N2O2. The zero-order chi connectivity index (χ0) is 13.4. The van der Waals surface area contributed by atoms with E-state index in [0.29, 0.717) is 0 Å². The zero-order valence-corrected chi connectivity index (χ0v) is 10.9. The number of nitrogens with one attached hydrogen (secondary N) is 1. The molecule has 1 aromatic carbocycles. The number of hydrogen-bond donors (Lipinski definition) is 2. The van der Waals surface area contributed by atoms with E-state index in [9.17, 15) is 9.90 Å². The number of carbonyl (C=O) groups is 1. The fraction of sp³-hybridized carbons (Fsp3) is 0.429. The van der Waals surface area contributed by atoms with Gasteiger partial charge in [-0.3, -0.25) is 4.79 Å². The molecule has 1 rings (SSSR count). The Morgan fingerprint density at radius 3 is 2.39 bits per heavy atom. The molecule has 0 fully saturated rings. The van der Waals surface area contributed by atoms with E-state index in [-0.39, 0.29) is 17.2 Å². The fourth-order valence-corrected chi connectivity index (χ4v) is 1.67. The van der Waals surface area contributed by atoms with E-state index in [0.717, 1.165) is 31.4 Å². The molecule has 1 aromatic rings. The van der Waals surface area contributed by atoms with Gasteiger partial charge in [0.15, 0.2) is 0 Å². The standard InChI is InChI=1S/C14H20N2O2/c1-3-7-11(8-4-2)15-16-14(18)12-9-5-6-10-13(12)17/h5-6,9-10,17H,3-4,7-8H2,1-2H3,(H,16,18). The third-order valence-electron chi connectivity index (χ3n) is 2.54. The molecule has 0 saturated carbocycles. The maximum atomic E-state index is 11.8. The van der Waals surface area contributed by atoms with Gasteiger partial charge in [0, 0.05) is 5.71 Å². The lowest BCUT2D eigenvalue weighted by Gasteiger charge is -2.05. The van der Waals surface area contributed by atoms with Crippen LogP contribution in [-0.4, -0.2) is 16.7 Å². The second-order valence-electron chi connectivity index (χ2n) is 4.14. The summed E-state index contributed by atoms with van der Waals surface area (Å²) in [5.74, 6) is -0.407. The molecule has 0 saturated heterocycles. The first kappa shape index (κ1) is 14.2. The molecule has 2 N–H and O–H groups in total. The molecule has 0 aliphatic rings. The highest BCUT2D eigenvalue weighted by molar-refractivity contribution is 5.97. The number of para-hydroxylation sites is 1. The molecular weight excluding hydrogens is 228 g/mol. The minimum absolute atomic E-state index is 0.0299. The van der Waals surface area contributed by atoms with Crippen molar-refractivity contribution in [2.75, 3.05) is 0 Å². The van der Waals surface area contributed by atoms with Gasteiger partial charge in [0.05, 0.1) is 5.56 Å². The minimum atomic E-state index is -0.377. The Kier molecular flexibility index (Phi) is 5.91. The predicted molar refractivity (Wildman–Crippen MR) is 72.8 cm³/mol. The summed E-state index contributed by atoms with van der Waals surface area (Å²) in [6.07, 6.45) is 3.78. The van der Waals surface area contributed by atoms with Gasteiger partial charge in [-0.2, -0.15) is 5.10 Å². The third kappa shape index (κ3) is 4.20. The lowest BCUT2D eigenvalue weighted by atomic mass is 10.1. The van der Waals surface area contributed by atoms with E-state index in [1.165, 1.54) is 6.07 Å². The van der Waals surface area contributed by atoms with Gasteiger partial charge in [-0.1, -0.05) is 38.8 Å². The zero-order valence-electron chi connectivity index (χ0n) is 10.9. The van der Waals surface area contributed by atoms with Crippen LogP contribution in [0.5, 0.6) is 5.75 Å². The Hall–Kier alpha value is -1.84. The SMILES string of the molecule is CCCC(CCC)=NNC(=O)c1ccccc1O. The van der Waals surface area contributed by atoms with Gasteiger partial charge in [-0.15, -0.1) is 0 Å². The molecule has 0 aliphatic heterocycles. The number of phenolic OH excluding ortho intramolecular Hbond substituents is 1. The maximum absolute atomic E-state index is 11.8. The average molecular weight is 248 g/mol. The number of nitrogens with zero attached hydrogens (tertiary/aromatic N) is 1. The number of amides is 1. The van der Waals surface area contributed by atoms with Gasteiger partial charge in [-0.05, 0) is 25.0 Å². The smallest absolute Gasteiger partial charge is 0.275 e. The van der Waals surface area contributed by atoms with Crippen molar-refractivity contribution in [3.63, 3.8) is 0 Å². The Labute approximate surface area is 108 Å². The van der Waals surface area contributed by atoms with E-state index in [2.05, 4.69) is 24.4 Å². The van der Waals surface area contributed by atoms with E-state index in [4.69, 9.17) is 0 Å². The van der Waals surface area contributed by atoms with Crippen molar-refractivity contribution in [3.05, 3.63) is 29.8 Å². The van der Waals surface area contributed by atoms with Crippen molar-refractivity contribution in [1.82, 2.24) is 5.43 Å². The molecule has 0 radical (unpaired) electrons. The van der Waals surface area contributed by atoms with Gasteiger partial charge in [0.1, 0.15) is 5.75 Å². The highest BCUT2D eigenvalue weighted by Crippen LogP contribution is 2.15. The first-order chi connectivity index (χ1) is 8.69. The summed E-state index contributed by atoms with van der Waals surface area (Å²) in [5.41, 5.74) is 3.73. The molecule has 0 aromatic heterocycles. The van der Waals surface area contributed by atoms with Crippen LogP contribution in [0.15, 0.2) is 29.4 Å². The number of phenols is 1. The van der Waals surface area contributed by atoms with Crippen LogP contribution in [-0.2, 0) is 0 Å². The molecule has 98 valence electrons. The summed E-state index contributed by atoms with van der Waals surface area (Å²) < 4.78 is 0. The number of hydrazone groups is 1. The van der Waals surface area contributed by atoms with E-state index in [1.54, 1.807) is 18.2 Å². The summed E-state index contributed by atoms with van der Waals surface area (Å²) in [6.45, 7) is 4.16. The lowest BCUT2D eigenvalue weighted by Crippen LogP contribution is -2.19. The Morgan fingerprint density at radius 1 is 1.22 bits per heavy atom. The molecule has 0 aliphatic carbocycles. The van der Waals surface area contributed by atoms with Crippen molar-refractivity contribution in [2.45, 2.75) is 39.5 Å². The van der Waals surface area contributed by atoms with Crippen LogP contribution in [0, 0.1) is 0 Å². The first-order valence-corrected chi connectivity index (χ1v) is 6.32. The summed E-state index contributed by atoms with van der Waals surface area (Å²) in [5, 5.41) is 13.7. The molecule has 0 spiro atoms. The second-order valence-corrected chi connectivity index (χ2v) is 4.14. The van der Waals surface area contributed by atoms with Gasteiger partial charge in [-0.25, -0.2) is 5.43 Å². The number of rotatable bonds is 6. The maximum Gasteiger partial charge on any atom is 0.275 e. The van der Waals surface area contributed by atoms with E-state index in [1.807, 2.05) is 0 Å². The van der Waals surface area contributed by atoms with Crippen LogP contribution in [0.1, 0.15) is 49.9 Å². The first-order valence-electron chi connectivity index (χ1n) is 6.32. The molecule has 4 heteroatoms. The topological polar surface area (TPSA) is 61.7 Å². The Balaban J connectivity index is 2.69. The van der Waals surface area contributed by atoms with E-state index >= 15 is 0 Å². The van der Waals surface area contributed by atoms with Crippen molar-refractivity contribution in [1.29, 1.82) is 0 Å². The Morgan fingerprint density at radius 2 is 1.83 bits per heavy atom. The van der Waals surface area contributed by atoms with Crippen LogP contribution in [0.4, 0.5) is 0 Å². The molecule has 0 bridgehead atoms. The number of benzene rings is 1. The van der Waals surface area contributed by atoms with E-state index < -0.39 is 0 Å². The monoisotopic (exact) mass is 248 g/mol. The lowest BCUT2D eigenvalue weighted by molar-refractivity contribution is 0.0952. The Bertz CT molecular complexity index is 420. The molecule has 18 heavy (non-hydrogen) atoms. The number of aromatic hydroxyl groups is 1. The van der Waals surface area contributed by atoms with Crippen molar-refractivity contribution >= 4 is 11.6 Å². The minimum Gasteiger partial charge on any atom is -0.507 e. The van der Waals surface area contributed by atoms with Crippen LogP contribution < -0.4 is 5.43 Å². The van der Waals surface area contributed by atoms with Crippen LogP contribution >= 0.6 is 0 Å². The second kappa shape index (κ2) is 7.48. The molecule has 0 heterocycles. The summed E-state index contributed by atoms with van der Waals surface area (Å²) in [6, 6.07) is 6.43. The number of carbonyl (C=O) groups excluding carboxylic acids is 1. The molecule has 1 amide bonds. The van der Waals surface area contributed by atoms with Gasteiger partial charge in [0.2, 0.25) is 0 Å². The quantitative estimate of drug-likeness (QED) is 0.600. The molecule has 0 atom stereocenters. The number of hydrogen-bond acceptors (Lipinski definition) is 3.